The van der Waals surface area contributed by atoms with E-state index in [0.29, 0.717) is 5.56 Å². The van der Waals surface area contributed by atoms with Gasteiger partial charge in [0.1, 0.15) is 0 Å². The molecule has 19 heavy (non-hydrogen) atoms. The largest absolute Gasteiger partial charge is 0.322 e. The lowest BCUT2D eigenvalue weighted by Gasteiger charge is -2.10. The molecule has 0 spiro atoms. The first-order valence-corrected chi connectivity index (χ1v) is 6.62. The molecule has 0 saturated heterocycles. The van der Waals surface area contributed by atoms with Crippen LogP contribution in [0.15, 0.2) is 54.6 Å². The van der Waals surface area contributed by atoms with Gasteiger partial charge in [-0.1, -0.05) is 55.5 Å². The third-order valence-electron chi connectivity index (χ3n) is 2.82. The van der Waals surface area contributed by atoms with Gasteiger partial charge < -0.3 is 5.32 Å². The maximum Gasteiger partial charge on any atom is 0.256 e. The van der Waals surface area contributed by atoms with Crippen LogP contribution in [0.1, 0.15) is 29.3 Å². The van der Waals surface area contributed by atoms with E-state index in [0.717, 1.165) is 22.5 Å². The molecule has 0 aromatic heterocycles. The molecule has 0 aliphatic carbocycles. The first-order valence-electron chi connectivity index (χ1n) is 6.21. The molecule has 1 N–H and O–H groups in total. The molecule has 0 atom stereocenters. The standard InChI is InChI=1S/C16H15NOS/c1-2-15(19)13-10-6-7-11-14(13)16(18)17-12-8-4-3-5-9-12/h3-11H,2H2,1H3,(H,17,18). The second-order valence-electron chi connectivity index (χ2n) is 4.14. The summed E-state index contributed by atoms with van der Waals surface area (Å²) in [4.78, 5) is 13.1. The van der Waals surface area contributed by atoms with Gasteiger partial charge in [-0.2, -0.15) is 0 Å². The van der Waals surface area contributed by atoms with Crippen molar-refractivity contribution in [2.24, 2.45) is 0 Å². The maximum atomic E-state index is 12.3. The highest BCUT2D eigenvalue weighted by Gasteiger charge is 2.13. The topological polar surface area (TPSA) is 29.1 Å². The Balaban J connectivity index is 2.27. The van der Waals surface area contributed by atoms with Crippen LogP contribution < -0.4 is 5.32 Å². The SMILES string of the molecule is CCC(=S)c1ccccc1C(=O)Nc1ccccc1. The van der Waals surface area contributed by atoms with Gasteiger partial charge in [0.05, 0.1) is 0 Å². The van der Waals surface area contributed by atoms with Crippen molar-refractivity contribution in [3.8, 4) is 0 Å². The van der Waals surface area contributed by atoms with Gasteiger partial charge in [-0.25, -0.2) is 0 Å². The molecule has 0 fully saturated rings. The van der Waals surface area contributed by atoms with Gasteiger partial charge >= 0.3 is 0 Å². The van der Waals surface area contributed by atoms with Crippen LogP contribution in [0.5, 0.6) is 0 Å². The van der Waals surface area contributed by atoms with Crippen LogP contribution in [0.2, 0.25) is 0 Å². The molecule has 2 aromatic rings. The summed E-state index contributed by atoms with van der Waals surface area (Å²) in [6.07, 6.45) is 0.755. The molecule has 2 rings (SSSR count). The zero-order valence-electron chi connectivity index (χ0n) is 10.7. The molecule has 2 nitrogen and oxygen atoms in total. The predicted molar refractivity (Wildman–Crippen MR) is 82.8 cm³/mol. The molecule has 0 aliphatic heterocycles. The van der Waals surface area contributed by atoms with Crippen molar-refractivity contribution in [2.75, 3.05) is 5.32 Å². The second-order valence-corrected chi connectivity index (χ2v) is 4.64. The van der Waals surface area contributed by atoms with Crippen LogP contribution in [0, 0.1) is 0 Å². The third kappa shape index (κ3) is 3.26. The number of rotatable bonds is 4. The number of anilines is 1. The van der Waals surface area contributed by atoms with Gasteiger partial charge in [0, 0.05) is 21.7 Å². The number of hydrogen-bond donors (Lipinski definition) is 1. The Morgan fingerprint density at radius 3 is 2.21 bits per heavy atom. The average molecular weight is 269 g/mol. The zero-order chi connectivity index (χ0) is 13.7. The van der Waals surface area contributed by atoms with E-state index >= 15 is 0 Å². The highest BCUT2D eigenvalue weighted by atomic mass is 32.1. The number of hydrogen-bond acceptors (Lipinski definition) is 2. The molecule has 0 saturated carbocycles. The summed E-state index contributed by atoms with van der Waals surface area (Å²) in [5.41, 5.74) is 2.25. The quantitative estimate of drug-likeness (QED) is 0.669. The average Bonchev–Trinajstić information content (AvgIpc) is 2.47. The summed E-state index contributed by atoms with van der Waals surface area (Å²) >= 11 is 5.31. The molecule has 3 heteroatoms. The van der Waals surface area contributed by atoms with Crippen LogP contribution in [0.25, 0.3) is 0 Å². The van der Waals surface area contributed by atoms with E-state index in [1.807, 2.05) is 55.5 Å². The number of thiocarbonyl (C=S) groups is 1. The van der Waals surface area contributed by atoms with Gasteiger partial charge in [0.2, 0.25) is 0 Å². The van der Waals surface area contributed by atoms with Crippen LogP contribution in [0.3, 0.4) is 0 Å². The van der Waals surface area contributed by atoms with Crippen molar-refractivity contribution in [1.29, 1.82) is 0 Å². The molecule has 0 bridgehead atoms. The molecule has 0 heterocycles. The lowest BCUT2D eigenvalue weighted by Crippen LogP contribution is -2.15. The summed E-state index contributed by atoms with van der Waals surface area (Å²) in [6.45, 7) is 1.99. The van der Waals surface area contributed by atoms with E-state index in [1.54, 1.807) is 6.07 Å². The van der Waals surface area contributed by atoms with E-state index in [2.05, 4.69) is 5.32 Å². The van der Waals surface area contributed by atoms with E-state index in [9.17, 15) is 4.79 Å². The minimum Gasteiger partial charge on any atom is -0.322 e. The predicted octanol–water partition coefficient (Wildman–Crippen LogP) is 4.07. The van der Waals surface area contributed by atoms with E-state index in [1.165, 1.54) is 0 Å². The van der Waals surface area contributed by atoms with Crippen molar-refractivity contribution in [2.45, 2.75) is 13.3 Å². The smallest absolute Gasteiger partial charge is 0.256 e. The maximum absolute atomic E-state index is 12.3. The minimum atomic E-state index is -0.127. The summed E-state index contributed by atoms with van der Waals surface area (Å²) < 4.78 is 0. The molecular weight excluding hydrogens is 254 g/mol. The van der Waals surface area contributed by atoms with E-state index < -0.39 is 0 Å². The molecule has 0 unspecified atom stereocenters. The fourth-order valence-electron chi connectivity index (χ4n) is 1.83. The summed E-state index contributed by atoms with van der Waals surface area (Å²) in [7, 11) is 0. The van der Waals surface area contributed by atoms with Crippen molar-refractivity contribution in [3.63, 3.8) is 0 Å². The lowest BCUT2D eigenvalue weighted by atomic mass is 10.0. The Labute approximate surface area is 118 Å². The Morgan fingerprint density at radius 2 is 1.58 bits per heavy atom. The van der Waals surface area contributed by atoms with Crippen molar-refractivity contribution in [1.82, 2.24) is 0 Å². The van der Waals surface area contributed by atoms with E-state index in [-0.39, 0.29) is 5.91 Å². The van der Waals surface area contributed by atoms with Gasteiger partial charge in [0.15, 0.2) is 0 Å². The number of nitrogens with one attached hydrogen (secondary N) is 1. The molecule has 2 aromatic carbocycles. The number of amides is 1. The molecular formula is C16H15NOS. The normalized spacial score (nSPS) is 9.95. The highest BCUT2D eigenvalue weighted by molar-refractivity contribution is 7.80. The fourth-order valence-corrected chi connectivity index (χ4v) is 2.01. The van der Waals surface area contributed by atoms with Gasteiger partial charge in [-0.15, -0.1) is 0 Å². The van der Waals surface area contributed by atoms with E-state index in [4.69, 9.17) is 12.2 Å². The number of carbonyl (C=O) groups is 1. The zero-order valence-corrected chi connectivity index (χ0v) is 11.5. The summed E-state index contributed by atoms with van der Waals surface area (Å²) in [6, 6.07) is 16.9. The molecule has 1 amide bonds. The fraction of sp³-hybridized carbons (Fsp3) is 0.125. The highest BCUT2D eigenvalue weighted by Crippen LogP contribution is 2.15. The Morgan fingerprint density at radius 1 is 1.00 bits per heavy atom. The monoisotopic (exact) mass is 269 g/mol. The number of carbonyl (C=O) groups excluding carboxylic acids is 1. The van der Waals surface area contributed by atoms with Gasteiger partial charge in [0.25, 0.3) is 5.91 Å². The van der Waals surface area contributed by atoms with Crippen LogP contribution in [-0.4, -0.2) is 10.8 Å². The Kier molecular flexibility index (Phi) is 4.42. The van der Waals surface area contributed by atoms with Crippen LogP contribution in [0.4, 0.5) is 5.69 Å². The number of para-hydroxylation sites is 1. The molecule has 0 radical (unpaired) electrons. The third-order valence-corrected chi connectivity index (χ3v) is 3.33. The minimum absolute atomic E-state index is 0.127. The molecule has 96 valence electrons. The van der Waals surface area contributed by atoms with Crippen molar-refractivity contribution in [3.05, 3.63) is 65.7 Å². The van der Waals surface area contributed by atoms with Crippen molar-refractivity contribution < 1.29 is 4.79 Å². The second kappa shape index (κ2) is 6.25. The van der Waals surface area contributed by atoms with Crippen LogP contribution >= 0.6 is 12.2 Å². The Hall–Kier alpha value is -2.00. The first-order chi connectivity index (χ1) is 9.22. The summed E-state index contributed by atoms with van der Waals surface area (Å²) in [5, 5.41) is 2.88. The van der Waals surface area contributed by atoms with Crippen LogP contribution in [-0.2, 0) is 0 Å². The van der Waals surface area contributed by atoms with Gasteiger partial charge in [-0.05, 0) is 24.6 Å². The van der Waals surface area contributed by atoms with Gasteiger partial charge in [-0.3, -0.25) is 4.79 Å². The Bertz CT molecular complexity index is 593. The lowest BCUT2D eigenvalue weighted by molar-refractivity contribution is 0.102. The molecule has 0 aliphatic rings. The van der Waals surface area contributed by atoms with Crippen molar-refractivity contribution >= 4 is 28.7 Å². The summed E-state index contributed by atoms with van der Waals surface area (Å²) in [5.74, 6) is -0.127. The first kappa shape index (κ1) is 13.4. The number of benzene rings is 2.